The zero-order chi connectivity index (χ0) is 11.8. The maximum absolute atomic E-state index is 14.1. The van der Waals surface area contributed by atoms with Gasteiger partial charge in [0.25, 0.3) is 0 Å². The van der Waals surface area contributed by atoms with Crippen LogP contribution in [-0.4, -0.2) is 19.8 Å². The van der Waals surface area contributed by atoms with Crippen LogP contribution in [0.1, 0.15) is 24.4 Å². The van der Waals surface area contributed by atoms with Gasteiger partial charge in [-0.05, 0) is 35.3 Å². The Morgan fingerprint density at radius 2 is 2.18 bits per heavy atom. The first-order valence-corrected chi connectivity index (χ1v) is 6.57. The normalized spacial score (nSPS) is 22.8. The highest BCUT2D eigenvalue weighted by atomic mass is 79.9. The van der Waals surface area contributed by atoms with Gasteiger partial charge in [-0.1, -0.05) is 0 Å². The van der Waals surface area contributed by atoms with Crippen LogP contribution in [0.25, 0.3) is 0 Å². The molecule has 0 radical (unpaired) electrons. The molecule has 1 atom stereocenters. The maximum Gasteiger partial charge on any atom is 0.176 e. The second-order valence-electron chi connectivity index (χ2n) is 4.26. The number of ether oxygens (including phenoxy) is 2. The Morgan fingerprint density at radius 1 is 1.35 bits per heavy atom. The topological polar surface area (TPSA) is 30.5 Å². The summed E-state index contributed by atoms with van der Waals surface area (Å²) in [7, 11) is 0. The Kier molecular flexibility index (Phi) is 2.96. The molecule has 1 aromatic carbocycles. The van der Waals surface area contributed by atoms with Gasteiger partial charge in [-0.2, -0.15) is 0 Å². The quantitative estimate of drug-likeness (QED) is 0.865. The van der Waals surface area contributed by atoms with Crippen LogP contribution in [0.2, 0.25) is 0 Å². The molecule has 3 nitrogen and oxygen atoms in total. The van der Waals surface area contributed by atoms with Gasteiger partial charge in [0.15, 0.2) is 11.5 Å². The highest BCUT2D eigenvalue weighted by Crippen LogP contribution is 2.44. The summed E-state index contributed by atoms with van der Waals surface area (Å²) in [4.78, 5) is 0. The molecule has 1 unspecified atom stereocenters. The van der Waals surface area contributed by atoms with Crippen molar-refractivity contribution in [1.82, 2.24) is 5.32 Å². The van der Waals surface area contributed by atoms with Crippen LogP contribution in [0.5, 0.6) is 11.5 Å². The fourth-order valence-electron chi connectivity index (χ4n) is 2.38. The van der Waals surface area contributed by atoms with E-state index in [1.807, 2.05) is 0 Å². The molecule has 0 spiro atoms. The molecule has 0 aliphatic carbocycles. The van der Waals surface area contributed by atoms with E-state index in [0.29, 0.717) is 34.7 Å². The molecule has 0 saturated carbocycles. The largest absolute Gasteiger partial charge is 0.486 e. The Morgan fingerprint density at radius 3 is 2.94 bits per heavy atom. The van der Waals surface area contributed by atoms with E-state index < -0.39 is 0 Å². The van der Waals surface area contributed by atoms with Gasteiger partial charge in [0.05, 0.1) is 4.47 Å². The van der Waals surface area contributed by atoms with E-state index >= 15 is 0 Å². The molecular weight excluding hydrogens is 289 g/mol. The van der Waals surface area contributed by atoms with Crippen LogP contribution in [0, 0.1) is 5.82 Å². The van der Waals surface area contributed by atoms with E-state index in [4.69, 9.17) is 9.47 Å². The molecule has 5 heteroatoms. The summed E-state index contributed by atoms with van der Waals surface area (Å²) in [6, 6.07) is 1.49. The summed E-state index contributed by atoms with van der Waals surface area (Å²) in [5, 5.41) is 3.29. The third-order valence-corrected chi connectivity index (χ3v) is 3.96. The van der Waals surface area contributed by atoms with Crippen molar-refractivity contribution >= 4 is 15.9 Å². The minimum Gasteiger partial charge on any atom is -0.486 e. The van der Waals surface area contributed by atoms with E-state index in [2.05, 4.69) is 21.2 Å². The van der Waals surface area contributed by atoms with Crippen molar-refractivity contribution in [1.29, 1.82) is 0 Å². The fourth-order valence-corrected chi connectivity index (χ4v) is 3.16. The van der Waals surface area contributed by atoms with Crippen molar-refractivity contribution in [3.8, 4) is 11.5 Å². The van der Waals surface area contributed by atoms with Crippen molar-refractivity contribution in [2.75, 3.05) is 19.8 Å². The number of hydrogen-bond donors (Lipinski definition) is 1. The highest BCUT2D eigenvalue weighted by molar-refractivity contribution is 9.10. The summed E-state index contributed by atoms with van der Waals surface area (Å²) >= 11 is 3.44. The predicted molar refractivity (Wildman–Crippen MR) is 65.1 cm³/mol. The standard InChI is InChI=1S/C12H13BrFNO2/c13-11-10(8-2-1-3-15-8)7(14)6-9-12(11)17-5-4-16-9/h6,8,15H,1-5H2. The van der Waals surface area contributed by atoms with Gasteiger partial charge in [-0.15, -0.1) is 0 Å². The van der Waals surface area contributed by atoms with Crippen LogP contribution in [0.4, 0.5) is 4.39 Å². The smallest absolute Gasteiger partial charge is 0.176 e. The molecule has 1 aromatic rings. The van der Waals surface area contributed by atoms with Crippen molar-refractivity contribution in [3.05, 3.63) is 21.9 Å². The van der Waals surface area contributed by atoms with Gasteiger partial charge >= 0.3 is 0 Å². The number of benzene rings is 1. The van der Waals surface area contributed by atoms with Crippen molar-refractivity contribution < 1.29 is 13.9 Å². The summed E-state index contributed by atoms with van der Waals surface area (Å²) in [6.45, 7) is 1.92. The molecule has 0 amide bonds. The van der Waals surface area contributed by atoms with Crippen LogP contribution in [0.15, 0.2) is 10.5 Å². The average molecular weight is 302 g/mol. The molecule has 2 aliphatic rings. The minimum absolute atomic E-state index is 0.0696. The lowest BCUT2D eigenvalue weighted by molar-refractivity contribution is 0.169. The van der Waals surface area contributed by atoms with E-state index in [1.165, 1.54) is 6.07 Å². The van der Waals surface area contributed by atoms with E-state index in [0.717, 1.165) is 19.4 Å². The molecule has 3 rings (SSSR count). The van der Waals surface area contributed by atoms with E-state index in [1.54, 1.807) is 0 Å². The number of rotatable bonds is 1. The molecule has 0 aromatic heterocycles. The summed E-state index contributed by atoms with van der Waals surface area (Å²) < 4.78 is 25.7. The Bertz CT molecular complexity index is 447. The highest BCUT2D eigenvalue weighted by Gasteiger charge is 2.28. The molecule has 0 bridgehead atoms. The molecule has 92 valence electrons. The Balaban J connectivity index is 2.08. The monoisotopic (exact) mass is 301 g/mol. The number of halogens is 2. The average Bonchev–Trinajstić information content (AvgIpc) is 2.83. The van der Waals surface area contributed by atoms with Gasteiger partial charge in [-0.25, -0.2) is 4.39 Å². The van der Waals surface area contributed by atoms with Crippen molar-refractivity contribution in [2.24, 2.45) is 0 Å². The van der Waals surface area contributed by atoms with Gasteiger partial charge in [0.2, 0.25) is 0 Å². The SMILES string of the molecule is Fc1cc2c(c(Br)c1C1CCCN1)OCCO2. The third-order valence-electron chi connectivity index (χ3n) is 3.17. The maximum atomic E-state index is 14.1. The lowest BCUT2D eigenvalue weighted by Crippen LogP contribution is -2.19. The number of hydrogen-bond acceptors (Lipinski definition) is 3. The van der Waals surface area contributed by atoms with Gasteiger partial charge in [0.1, 0.15) is 19.0 Å². The summed E-state index contributed by atoms with van der Waals surface area (Å²) in [5.41, 5.74) is 0.659. The van der Waals surface area contributed by atoms with Gasteiger partial charge in [0, 0.05) is 17.7 Å². The predicted octanol–water partition coefficient (Wildman–Crippen LogP) is 2.78. The molecule has 1 fully saturated rings. The molecule has 2 aliphatic heterocycles. The van der Waals surface area contributed by atoms with Gasteiger partial charge < -0.3 is 14.8 Å². The van der Waals surface area contributed by atoms with E-state index in [-0.39, 0.29) is 11.9 Å². The number of fused-ring (bicyclic) bond motifs is 1. The zero-order valence-electron chi connectivity index (χ0n) is 9.26. The third kappa shape index (κ3) is 1.91. The van der Waals surface area contributed by atoms with Crippen LogP contribution in [-0.2, 0) is 0 Å². The molecule has 2 heterocycles. The molecule has 1 N–H and O–H groups in total. The lowest BCUT2D eigenvalue weighted by atomic mass is 10.0. The van der Waals surface area contributed by atoms with Crippen LogP contribution >= 0.6 is 15.9 Å². The Labute approximate surface area is 107 Å². The molecule has 17 heavy (non-hydrogen) atoms. The summed E-state index contributed by atoms with van der Waals surface area (Å²) in [5.74, 6) is 0.879. The second-order valence-corrected chi connectivity index (χ2v) is 5.05. The van der Waals surface area contributed by atoms with Crippen LogP contribution in [0.3, 0.4) is 0 Å². The Hall–Kier alpha value is -0.810. The van der Waals surface area contributed by atoms with Crippen molar-refractivity contribution in [3.63, 3.8) is 0 Å². The van der Waals surface area contributed by atoms with Crippen molar-refractivity contribution in [2.45, 2.75) is 18.9 Å². The zero-order valence-corrected chi connectivity index (χ0v) is 10.8. The first kappa shape index (κ1) is 11.3. The first-order valence-electron chi connectivity index (χ1n) is 5.78. The second kappa shape index (κ2) is 4.46. The lowest BCUT2D eigenvalue weighted by Gasteiger charge is -2.23. The van der Waals surface area contributed by atoms with Crippen LogP contribution < -0.4 is 14.8 Å². The first-order chi connectivity index (χ1) is 8.27. The number of nitrogens with one attached hydrogen (secondary N) is 1. The summed E-state index contributed by atoms with van der Waals surface area (Å²) in [6.07, 6.45) is 2.03. The van der Waals surface area contributed by atoms with Gasteiger partial charge in [-0.3, -0.25) is 0 Å². The molecular formula is C12H13BrFNO2. The molecule has 1 saturated heterocycles. The fraction of sp³-hybridized carbons (Fsp3) is 0.500. The minimum atomic E-state index is -0.236. The van der Waals surface area contributed by atoms with E-state index in [9.17, 15) is 4.39 Å².